The van der Waals surface area contributed by atoms with E-state index in [0.717, 1.165) is 12.2 Å². The number of rotatable bonds is 4. The van der Waals surface area contributed by atoms with Crippen molar-refractivity contribution in [1.82, 2.24) is 0 Å². The molecule has 0 aliphatic carbocycles. The van der Waals surface area contributed by atoms with Crippen molar-refractivity contribution < 1.29 is 4.74 Å². The van der Waals surface area contributed by atoms with Crippen LogP contribution in [0.1, 0.15) is 46.6 Å². The highest BCUT2D eigenvalue weighted by Crippen LogP contribution is 2.36. The van der Waals surface area contributed by atoms with Gasteiger partial charge in [-0.15, -0.1) is 6.42 Å². The van der Waals surface area contributed by atoms with Crippen LogP contribution in [0.2, 0.25) is 0 Å². The van der Waals surface area contributed by atoms with Crippen molar-refractivity contribution in [2.45, 2.75) is 46.5 Å². The summed E-state index contributed by atoms with van der Waals surface area (Å²) in [6, 6.07) is 8.27. The minimum atomic E-state index is 0.170. The number of benzene rings is 1. The lowest BCUT2D eigenvalue weighted by molar-refractivity contribution is 0.284. The molecule has 1 aromatic rings. The van der Waals surface area contributed by atoms with Crippen LogP contribution in [0.3, 0.4) is 0 Å². The van der Waals surface area contributed by atoms with Gasteiger partial charge < -0.3 is 4.74 Å². The lowest BCUT2D eigenvalue weighted by Crippen LogP contribution is -2.24. The molecule has 0 bridgehead atoms. The third kappa shape index (κ3) is 4.45. The summed E-state index contributed by atoms with van der Waals surface area (Å²) >= 11 is 0. The predicted molar refractivity (Wildman–Crippen MR) is 77.9 cm³/mol. The Labute approximate surface area is 112 Å². The normalized spacial score (nSPS) is 12.0. The van der Waals surface area contributed by atoms with E-state index in [1.165, 1.54) is 5.56 Å². The van der Waals surface area contributed by atoms with Crippen molar-refractivity contribution in [3.8, 4) is 18.1 Å². The summed E-state index contributed by atoms with van der Waals surface area (Å²) < 4.78 is 5.39. The van der Waals surface area contributed by atoms with Crippen molar-refractivity contribution in [3.05, 3.63) is 29.8 Å². The van der Waals surface area contributed by atoms with Crippen molar-refractivity contribution in [2.24, 2.45) is 5.41 Å². The van der Waals surface area contributed by atoms with Crippen LogP contribution in [0.5, 0.6) is 5.75 Å². The summed E-state index contributed by atoms with van der Waals surface area (Å²) in [6.07, 6.45) is 6.31. The lowest BCUT2D eigenvalue weighted by atomic mass is 9.72. The van der Waals surface area contributed by atoms with Gasteiger partial charge in [-0.1, -0.05) is 52.7 Å². The molecule has 0 spiro atoms. The molecule has 0 N–H and O–H groups in total. The topological polar surface area (TPSA) is 9.23 Å². The van der Waals surface area contributed by atoms with E-state index in [0.29, 0.717) is 12.0 Å². The first kappa shape index (κ1) is 14.6. The van der Waals surface area contributed by atoms with Gasteiger partial charge in [0.2, 0.25) is 0 Å². The minimum Gasteiger partial charge on any atom is -0.481 e. The Morgan fingerprint density at radius 3 is 2.06 bits per heavy atom. The Balaban J connectivity index is 2.81. The molecule has 0 radical (unpaired) electrons. The molecule has 0 aliphatic rings. The smallest absolute Gasteiger partial charge is 0.148 e. The number of terminal acetylenes is 1. The average molecular weight is 244 g/mol. The van der Waals surface area contributed by atoms with Crippen LogP contribution in [-0.4, -0.2) is 6.61 Å². The van der Waals surface area contributed by atoms with E-state index in [2.05, 4.69) is 52.7 Å². The van der Waals surface area contributed by atoms with E-state index in [-0.39, 0.29) is 5.41 Å². The first-order chi connectivity index (χ1) is 8.24. The van der Waals surface area contributed by atoms with Gasteiger partial charge in [0.15, 0.2) is 0 Å². The second-order valence-electron chi connectivity index (χ2n) is 6.64. The van der Waals surface area contributed by atoms with Crippen LogP contribution in [0, 0.1) is 17.8 Å². The SMILES string of the molecule is C#CCOc1ccc(C(C)(C)CC(C)(C)C)cc1. The molecule has 0 saturated heterocycles. The van der Waals surface area contributed by atoms with Crippen molar-refractivity contribution in [1.29, 1.82) is 0 Å². The molecule has 0 saturated carbocycles. The van der Waals surface area contributed by atoms with Crippen LogP contribution in [-0.2, 0) is 5.41 Å². The molecule has 1 rings (SSSR count). The fourth-order valence-electron chi connectivity index (χ4n) is 2.56. The Kier molecular flexibility index (Phi) is 4.46. The maximum Gasteiger partial charge on any atom is 0.148 e. The van der Waals surface area contributed by atoms with Crippen LogP contribution in [0.15, 0.2) is 24.3 Å². The summed E-state index contributed by atoms with van der Waals surface area (Å²) in [5, 5.41) is 0. The molecule has 1 nitrogen and oxygen atoms in total. The third-order valence-electron chi connectivity index (χ3n) is 2.93. The summed E-state index contributed by atoms with van der Waals surface area (Å²) in [4.78, 5) is 0. The van der Waals surface area contributed by atoms with Gasteiger partial charge in [0.1, 0.15) is 12.4 Å². The zero-order valence-corrected chi connectivity index (χ0v) is 12.2. The number of hydrogen-bond donors (Lipinski definition) is 0. The summed E-state index contributed by atoms with van der Waals surface area (Å²) in [6.45, 7) is 11.7. The summed E-state index contributed by atoms with van der Waals surface area (Å²) in [5.74, 6) is 3.31. The highest BCUT2D eigenvalue weighted by atomic mass is 16.5. The Bertz CT molecular complexity index is 412. The third-order valence-corrected chi connectivity index (χ3v) is 2.93. The van der Waals surface area contributed by atoms with Crippen LogP contribution in [0.4, 0.5) is 0 Å². The molecule has 0 fully saturated rings. The van der Waals surface area contributed by atoms with Gasteiger partial charge in [0, 0.05) is 0 Å². The monoisotopic (exact) mass is 244 g/mol. The average Bonchev–Trinajstić information content (AvgIpc) is 2.23. The van der Waals surface area contributed by atoms with E-state index in [1.807, 2.05) is 12.1 Å². The predicted octanol–water partition coefficient (Wildman–Crippen LogP) is 4.41. The highest BCUT2D eigenvalue weighted by molar-refractivity contribution is 5.32. The Hall–Kier alpha value is -1.42. The van der Waals surface area contributed by atoms with Gasteiger partial charge in [0.05, 0.1) is 0 Å². The van der Waals surface area contributed by atoms with E-state index in [9.17, 15) is 0 Å². The van der Waals surface area contributed by atoms with Crippen molar-refractivity contribution >= 4 is 0 Å². The maximum absolute atomic E-state index is 5.39. The molecule has 0 unspecified atom stereocenters. The van der Waals surface area contributed by atoms with Gasteiger partial charge in [0.25, 0.3) is 0 Å². The standard InChI is InChI=1S/C17H24O/c1-7-12-18-15-10-8-14(9-11-15)17(5,6)13-16(2,3)4/h1,8-11H,12-13H2,2-6H3. The molecule has 0 amide bonds. The summed E-state index contributed by atoms with van der Waals surface area (Å²) in [5.41, 5.74) is 1.83. The molecule has 98 valence electrons. The molecular formula is C17H24O. The molecule has 0 aliphatic heterocycles. The van der Waals surface area contributed by atoms with Gasteiger partial charge >= 0.3 is 0 Å². The lowest BCUT2D eigenvalue weighted by Gasteiger charge is -2.33. The van der Waals surface area contributed by atoms with Crippen molar-refractivity contribution in [3.63, 3.8) is 0 Å². The van der Waals surface area contributed by atoms with E-state index in [1.54, 1.807) is 0 Å². The van der Waals surface area contributed by atoms with Gasteiger partial charge in [-0.2, -0.15) is 0 Å². The molecule has 0 heterocycles. The summed E-state index contributed by atoms with van der Waals surface area (Å²) in [7, 11) is 0. The van der Waals surface area contributed by atoms with Gasteiger partial charge in [-0.05, 0) is 34.9 Å². The van der Waals surface area contributed by atoms with Crippen LogP contribution < -0.4 is 4.74 Å². The Morgan fingerprint density at radius 1 is 1.06 bits per heavy atom. The number of ether oxygens (including phenoxy) is 1. The quantitative estimate of drug-likeness (QED) is 0.713. The largest absolute Gasteiger partial charge is 0.481 e. The fourth-order valence-corrected chi connectivity index (χ4v) is 2.56. The second-order valence-corrected chi connectivity index (χ2v) is 6.64. The zero-order chi connectivity index (χ0) is 13.8. The Morgan fingerprint density at radius 2 is 1.61 bits per heavy atom. The van der Waals surface area contributed by atoms with Gasteiger partial charge in [-0.3, -0.25) is 0 Å². The molecule has 0 atom stereocenters. The number of hydrogen-bond acceptors (Lipinski definition) is 1. The molecular weight excluding hydrogens is 220 g/mol. The van der Waals surface area contributed by atoms with E-state index in [4.69, 9.17) is 11.2 Å². The second kappa shape index (κ2) is 5.48. The first-order valence-corrected chi connectivity index (χ1v) is 6.41. The maximum atomic E-state index is 5.39. The molecule has 1 aromatic carbocycles. The first-order valence-electron chi connectivity index (χ1n) is 6.41. The van der Waals surface area contributed by atoms with Gasteiger partial charge in [-0.25, -0.2) is 0 Å². The fraction of sp³-hybridized carbons (Fsp3) is 0.529. The molecule has 0 aromatic heterocycles. The minimum absolute atomic E-state index is 0.170. The van der Waals surface area contributed by atoms with Crippen LogP contribution >= 0.6 is 0 Å². The zero-order valence-electron chi connectivity index (χ0n) is 12.2. The molecule has 18 heavy (non-hydrogen) atoms. The van der Waals surface area contributed by atoms with E-state index < -0.39 is 0 Å². The van der Waals surface area contributed by atoms with Crippen molar-refractivity contribution in [2.75, 3.05) is 6.61 Å². The highest BCUT2D eigenvalue weighted by Gasteiger charge is 2.27. The van der Waals surface area contributed by atoms with Crippen LogP contribution in [0.25, 0.3) is 0 Å². The molecule has 1 heteroatoms. The van der Waals surface area contributed by atoms with E-state index >= 15 is 0 Å².